The summed E-state index contributed by atoms with van der Waals surface area (Å²) < 4.78 is 0.847. The number of nitro groups is 1. The third-order valence-electron chi connectivity index (χ3n) is 2.65. The summed E-state index contributed by atoms with van der Waals surface area (Å²) in [5.74, 6) is -1.30. The number of aromatic nitrogens is 2. The number of nitrogens with zero attached hydrogens (tertiary/aromatic N) is 3. The van der Waals surface area contributed by atoms with Crippen molar-refractivity contribution in [1.29, 1.82) is 0 Å². The second kappa shape index (κ2) is 5.71. The van der Waals surface area contributed by atoms with Gasteiger partial charge in [0, 0.05) is 17.2 Å². The molecule has 1 aromatic heterocycles. The Morgan fingerprint density at radius 3 is 2.71 bits per heavy atom. The summed E-state index contributed by atoms with van der Waals surface area (Å²) in [6, 6.07) is 6.09. The zero-order valence-electron chi connectivity index (χ0n) is 10.4. The maximum Gasteiger partial charge on any atom is 0.356 e. The Hall–Kier alpha value is -2.74. The molecule has 0 aliphatic carbocycles. The van der Waals surface area contributed by atoms with Crippen LogP contribution in [0.25, 0.3) is 0 Å². The predicted molar refractivity (Wildman–Crippen MR) is 72.7 cm³/mol. The molecule has 1 heterocycles. The minimum absolute atomic E-state index is 0.185. The van der Waals surface area contributed by atoms with Crippen LogP contribution in [0.3, 0.4) is 0 Å². The second-order valence-electron chi connectivity index (χ2n) is 4.05. The molecule has 0 atom stereocenters. The zero-order chi connectivity index (χ0) is 15.6. The fourth-order valence-electron chi connectivity index (χ4n) is 1.68. The number of aromatic carboxylic acids is 1. The molecule has 2 rings (SSSR count). The quantitative estimate of drug-likeness (QED) is 0.676. The Labute approximate surface area is 122 Å². The maximum atomic E-state index is 11.7. The van der Waals surface area contributed by atoms with Crippen LogP contribution in [0, 0.1) is 10.1 Å². The van der Waals surface area contributed by atoms with Crippen LogP contribution in [0.1, 0.15) is 16.1 Å². The summed E-state index contributed by atoms with van der Waals surface area (Å²) in [5, 5.41) is 23.6. The number of carboxylic acids is 1. The molecule has 1 N–H and O–H groups in total. The van der Waals surface area contributed by atoms with Crippen LogP contribution in [-0.4, -0.2) is 25.8 Å². The Morgan fingerprint density at radius 1 is 1.38 bits per heavy atom. The van der Waals surface area contributed by atoms with E-state index in [2.05, 4.69) is 5.10 Å². The van der Waals surface area contributed by atoms with Crippen LogP contribution in [0.4, 0.5) is 5.69 Å². The van der Waals surface area contributed by atoms with Crippen molar-refractivity contribution in [3.8, 4) is 0 Å². The lowest BCUT2D eigenvalue weighted by atomic mass is 10.2. The molecule has 0 saturated carbocycles. The first kappa shape index (κ1) is 14.7. The van der Waals surface area contributed by atoms with Crippen LogP contribution in [0.5, 0.6) is 0 Å². The number of benzene rings is 1. The largest absolute Gasteiger partial charge is 0.476 e. The van der Waals surface area contributed by atoms with E-state index in [1.807, 2.05) is 0 Å². The first-order chi connectivity index (χ1) is 9.88. The summed E-state index contributed by atoms with van der Waals surface area (Å²) in [4.78, 5) is 32.8. The molecule has 0 bridgehead atoms. The lowest BCUT2D eigenvalue weighted by molar-refractivity contribution is -0.385. The van der Waals surface area contributed by atoms with Crippen molar-refractivity contribution in [3.05, 3.63) is 67.1 Å². The fourth-order valence-corrected chi connectivity index (χ4v) is 1.84. The lowest BCUT2D eigenvalue weighted by Crippen LogP contribution is -2.25. The average molecular weight is 310 g/mol. The Bertz CT molecular complexity index is 787. The van der Waals surface area contributed by atoms with Crippen molar-refractivity contribution in [1.82, 2.24) is 9.78 Å². The molecular weight excluding hydrogens is 302 g/mol. The van der Waals surface area contributed by atoms with Crippen molar-refractivity contribution in [2.45, 2.75) is 6.54 Å². The van der Waals surface area contributed by atoms with Crippen molar-refractivity contribution >= 4 is 23.3 Å². The third-order valence-corrected chi connectivity index (χ3v) is 2.88. The Balaban J connectivity index is 2.48. The van der Waals surface area contributed by atoms with E-state index in [0.29, 0.717) is 0 Å². The second-order valence-corrected chi connectivity index (χ2v) is 4.49. The molecule has 2 aromatic rings. The number of carboxylic acid groups (broad SMARTS) is 1. The summed E-state index contributed by atoms with van der Waals surface area (Å²) >= 11 is 5.70. The van der Waals surface area contributed by atoms with Gasteiger partial charge < -0.3 is 5.11 Å². The van der Waals surface area contributed by atoms with Gasteiger partial charge in [-0.05, 0) is 18.2 Å². The summed E-state index contributed by atoms with van der Waals surface area (Å²) in [7, 11) is 0. The van der Waals surface area contributed by atoms with Crippen LogP contribution in [-0.2, 0) is 6.54 Å². The highest BCUT2D eigenvalue weighted by Gasteiger charge is 2.16. The van der Waals surface area contributed by atoms with Gasteiger partial charge >= 0.3 is 5.97 Å². The van der Waals surface area contributed by atoms with Crippen molar-refractivity contribution in [3.63, 3.8) is 0 Å². The standard InChI is InChI=1S/C12H8ClN3O5/c13-8-2-1-7(10(5-8)16(20)21)6-15-11(17)4-3-9(14-15)12(18)19/h1-5H,6H2,(H,18,19). The summed E-state index contributed by atoms with van der Waals surface area (Å²) in [5.41, 5.74) is -0.964. The highest BCUT2D eigenvalue weighted by atomic mass is 35.5. The predicted octanol–water partition coefficient (Wildman–Crippen LogP) is 1.55. The molecule has 0 unspecified atom stereocenters. The molecule has 0 fully saturated rings. The third kappa shape index (κ3) is 3.23. The fraction of sp³-hybridized carbons (Fsp3) is 0.0833. The normalized spacial score (nSPS) is 10.3. The molecule has 0 spiro atoms. The van der Waals surface area contributed by atoms with Gasteiger partial charge in [-0.2, -0.15) is 5.10 Å². The van der Waals surface area contributed by atoms with E-state index in [1.165, 1.54) is 12.1 Å². The number of carbonyl (C=O) groups is 1. The topological polar surface area (TPSA) is 115 Å². The summed E-state index contributed by atoms with van der Waals surface area (Å²) in [6.45, 7) is -0.229. The SMILES string of the molecule is O=C(O)c1ccc(=O)n(Cc2ccc(Cl)cc2[N+](=O)[O-])n1. The molecule has 21 heavy (non-hydrogen) atoms. The molecule has 108 valence electrons. The van der Waals surface area contributed by atoms with Gasteiger partial charge in [0.25, 0.3) is 11.2 Å². The van der Waals surface area contributed by atoms with Crippen molar-refractivity contribution < 1.29 is 14.8 Å². The van der Waals surface area contributed by atoms with Gasteiger partial charge in [0.05, 0.1) is 17.0 Å². The zero-order valence-corrected chi connectivity index (χ0v) is 11.1. The highest BCUT2D eigenvalue weighted by molar-refractivity contribution is 6.30. The summed E-state index contributed by atoms with van der Waals surface area (Å²) in [6.07, 6.45) is 0. The molecule has 9 heteroatoms. The van der Waals surface area contributed by atoms with Gasteiger partial charge in [0.2, 0.25) is 0 Å². The average Bonchev–Trinajstić information content (AvgIpc) is 2.42. The molecule has 8 nitrogen and oxygen atoms in total. The van der Waals surface area contributed by atoms with Gasteiger partial charge in [-0.3, -0.25) is 14.9 Å². The highest BCUT2D eigenvalue weighted by Crippen LogP contribution is 2.23. The molecular formula is C12H8ClN3O5. The van der Waals surface area contributed by atoms with Gasteiger partial charge in [0.1, 0.15) is 0 Å². The van der Waals surface area contributed by atoms with Crippen LogP contribution in [0.2, 0.25) is 5.02 Å². The first-order valence-electron chi connectivity index (χ1n) is 5.63. The molecule has 0 radical (unpaired) electrons. The van der Waals surface area contributed by atoms with E-state index in [1.54, 1.807) is 0 Å². The van der Waals surface area contributed by atoms with E-state index in [4.69, 9.17) is 16.7 Å². The molecule has 0 saturated heterocycles. The minimum atomic E-state index is -1.30. The van der Waals surface area contributed by atoms with Gasteiger partial charge in [-0.25, -0.2) is 9.48 Å². The van der Waals surface area contributed by atoms with Crippen molar-refractivity contribution in [2.24, 2.45) is 0 Å². The number of nitro benzene ring substituents is 1. The lowest BCUT2D eigenvalue weighted by Gasteiger charge is -2.06. The molecule has 0 amide bonds. The number of halogens is 1. The smallest absolute Gasteiger partial charge is 0.356 e. The number of hydrogen-bond acceptors (Lipinski definition) is 5. The Morgan fingerprint density at radius 2 is 2.10 bits per heavy atom. The van der Waals surface area contributed by atoms with E-state index >= 15 is 0 Å². The van der Waals surface area contributed by atoms with E-state index < -0.39 is 16.5 Å². The van der Waals surface area contributed by atoms with Crippen LogP contribution >= 0.6 is 11.6 Å². The van der Waals surface area contributed by atoms with Crippen LogP contribution in [0.15, 0.2) is 35.1 Å². The van der Waals surface area contributed by atoms with E-state index in [-0.39, 0.29) is 28.5 Å². The number of hydrogen-bond donors (Lipinski definition) is 1. The molecule has 1 aromatic carbocycles. The van der Waals surface area contributed by atoms with Gasteiger partial charge in [-0.1, -0.05) is 11.6 Å². The van der Waals surface area contributed by atoms with Gasteiger partial charge in [-0.15, -0.1) is 0 Å². The molecule has 0 aliphatic heterocycles. The maximum absolute atomic E-state index is 11.7. The van der Waals surface area contributed by atoms with Crippen molar-refractivity contribution in [2.75, 3.05) is 0 Å². The monoisotopic (exact) mass is 309 g/mol. The molecule has 0 aliphatic rings. The first-order valence-corrected chi connectivity index (χ1v) is 6.00. The van der Waals surface area contributed by atoms with Gasteiger partial charge in [0.15, 0.2) is 5.69 Å². The number of rotatable bonds is 4. The van der Waals surface area contributed by atoms with E-state index in [9.17, 15) is 19.7 Å². The van der Waals surface area contributed by atoms with Crippen LogP contribution < -0.4 is 5.56 Å². The van der Waals surface area contributed by atoms with E-state index in [0.717, 1.165) is 22.9 Å². The Kier molecular flexibility index (Phi) is 3.99. The minimum Gasteiger partial charge on any atom is -0.476 e.